The van der Waals surface area contributed by atoms with Crippen LogP contribution in [0.15, 0.2) is 33.0 Å². The van der Waals surface area contributed by atoms with Crippen molar-refractivity contribution in [1.82, 2.24) is 24.4 Å². The molecule has 2 aromatic heterocycles. The number of nitrogen functional groups attached to an aromatic ring is 1. The number of aliphatic hydroxyl groups is 1. The van der Waals surface area contributed by atoms with Crippen molar-refractivity contribution in [2.75, 3.05) is 32.2 Å². The Labute approximate surface area is 209 Å². The maximum atomic E-state index is 10.7. The van der Waals surface area contributed by atoms with Crippen molar-refractivity contribution in [2.45, 2.75) is 42.0 Å². The van der Waals surface area contributed by atoms with Gasteiger partial charge < -0.3 is 34.6 Å². The first-order valence-electron chi connectivity index (χ1n) is 11.1. The summed E-state index contributed by atoms with van der Waals surface area (Å²) in [5.74, 6) is 2.32. The predicted octanol–water partition coefficient (Wildman–Crippen LogP) is 2.71. The molecule has 0 saturated carbocycles. The molecule has 1 aromatic carbocycles. The first kappa shape index (κ1) is 23.3. The number of imidazole rings is 1. The van der Waals surface area contributed by atoms with Crippen LogP contribution in [0.1, 0.15) is 19.3 Å². The number of rotatable bonds is 8. The van der Waals surface area contributed by atoms with E-state index in [0.29, 0.717) is 41.6 Å². The average Bonchev–Trinajstić information content (AvgIpc) is 3.43. The summed E-state index contributed by atoms with van der Waals surface area (Å²) in [6.45, 7) is 3.12. The minimum atomic E-state index is -0.908. The molecule has 180 valence electrons. The van der Waals surface area contributed by atoms with Crippen LogP contribution in [0.3, 0.4) is 0 Å². The number of aromatic nitrogens is 4. The molecule has 3 N–H and O–H groups in total. The second-order valence-electron chi connectivity index (χ2n) is 8.45. The van der Waals surface area contributed by atoms with E-state index in [-0.39, 0.29) is 6.79 Å². The van der Waals surface area contributed by atoms with Crippen LogP contribution in [0.4, 0.5) is 5.82 Å². The molecule has 4 heterocycles. The molecule has 0 unspecified atom stereocenters. The minimum Gasteiger partial charge on any atom is -0.454 e. The van der Waals surface area contributed by atoms with E-state index in [1.54, 1.807) is 0 Å². The third-order valence-corrected chi connectivity index (χ3v) is 8.19. The van der Waals surface area contributed by atoms with Gasteiger partial charge in [0.05, 0.1) is 0 Å². The molecular formula is C22H25BrN6O4S. The van der Waals surface area contributed by atoms with Crippen LogP contribution in [0.25, 0.3) is 11.2 Å². The lowest BCUT2D eigenvalue weighted by molar-refractivity contribution is -0.115. The maximum absolute atomic E-state index is 10.7. The zero-order valence-electron chi connectivity index (χ0n) is 18.4. The topological polar surface area (TPSA) is 129 Å². The number of nitrogens with two attached hydrogens (primary N) is 1. The van der Waals surface area contributed by atoms with Gasteiger partial charge in [0.25, 0.3) is 0 Å². The quantitative estimate of drug-likeness (QED) is 0.405. The third kappa shape index (κ3) is 4.85. The lowest BCUT2D eigenvalue weighted by Crippen LogP contribution is -2.39. The number of carbonyl (C=O) groups is 1. The zero-order valence-corrected chi connectivity index (χ0v) is 20.8. The van der Waals surface area contributed by atoms with Gasteiger partial charge in [0.2, 0.25) is 6.79 Å². The summed E-state index contributed by atoms with van der Waals surface area (Å²) in [5.41, 5.74) is 7.43. The van der Waals surface area contributed by atoms with Crippen molar-refractivity contribution in [2.24, 2.45) is 5.92 Å². The zero-order chi connectivity index (χ0) is 23.7. The largest absolute Gasteiger partial charge is 0.454 e. The van der Waals surface area contributed by atoms with Gasteiger partial charge in [-0.3, -0.25) is 0 Å². The fourth-order valence-electron chi connectivity index (χ4n) is 4.37. The Hall–Kier alpha value is -2.41. The van der Waals surface area contributed by atoms with Crippen molar-refractivity contribution in [3.63, 3.8) is 0 Å². The summed E-state index contributed by atoms with van der Waals surface area (Å²) < 4.78 is 14.0. The number of aliphatic hydroxyl groups excluding tert-OH is 1. The number of aryl methyl sites for hydroxylation is 1. The Balaban J connectivity index is 1.34. The van der Waals surface area contributed by atoms with Gasteiger partial charge in [0, 0.05) is 22.5 Å². The highest BCUT2D eigenvalue weighted by Crippen LogP contribution is 2.43. The van der Waals surface area contributed by atoms with Crippen molar-refractivity contribution in [3.8, 4) is 11.5 Å². The van der Waals surface area contributed by atoms with Crippen molar-refractivity contribution >= 4 is 51.0 Å². The molecule has 0 spiro atoms. The van der Waals surface area contributed by atoms with E-state index < -0.39 is 6.10 Å². The fourth-order valence-corrected chi connectivity index (χ4v) is 5.87. The Morgan fingerprint density at radius 2 is 2.03 bits per heavy atom. The van der Waals surface area contributed by atoms with Crippen LogP contribution in [-0.4, -0.2) is 68.3 Å². The summed E-state index contributed by atoms with van der Waals surface area (Å²) in [5, 5.41) is 10.4. The van der Waals surface area contributed by atoms with Gasteiger partial charge in [-0.2, -0.15) is 0 Å². The number of anilines is 1. The van der Waals surface area contributed by atoms with Crippen LogP contribution in [-0.2, 0) is 11.3 Å². The first-order valence-corrected chi connectivity index (χ1v) is 12.7. The molecule has 2 aliphatic rings. The highest BCUT2D eigenvalue weighted by atomic mass is 79.9. The van der Waals surface area contributed by atoms with E-state index in [4.69, 9.17) is 20.2 Å². The predicted molar refractivity (Wildman–Crippen MR) is 130 cm³/mol. The van der Waals surface area contributed by atoms with Crippen LogP contribution in [0, 0.1) is 5.92 Å². The normalized spacial score (nSPS) is 17.4. The van der Waals surface area contributed by atoms with E-state index >= 15 is 0 Å². The number of hydrogen-bond donors (Lipinski definition) is 2. The number of likely N-dealkylation sites (tertiary alicyclic amines) is 1. The number of aldehydes is 1. The molecule has 1 fully saturated rings. The molecule has 5 rings (SSSR count). The Morgan fingerprint density at radius 1 is 1.26 bits per heavy atom. The molecule has 3 aromatic rings. The van der Waals surface area contributed by atoms with Crippen molar-refractivity contribution in [3.05, 3.63) is 22.9 Å². The summed E-state index contributed by atoms with van der Waals surface area (Å²) in [6, 6.07) is 3.85. The molecule has 0 aliphatic carbocycles. The highest BCUT2D eigenvalue weighted by Gasteiger charge is 2.24. The van der Waals surface area contributed by atoms with E-state index in [2.05, 4.69) is 35.4 Å². The summed E-state index contributed by atoms with van der Waals surface area (Å²) >= 11 is 5.14. The average molecular weight is 549 g/mol. The van der Waals surface area contributed by atoms with E-state index in [1.807, 2.05) is 12.1 Å². The highest BCUT2D eigenvalue weighted by molar-refractivity contribution is 9.10. The van der Waals surface area contributed by atoms with Gasteiger partial charge in [-0.1, -0.05) is 11.8 Å². The number of ether oxygens (including phenoxy) is 2. The van der Waals surface area contributed by atoms with E-state index in [1.165, 1.54) is 18.1 Å². The molecule has 10 nitrogen and oxygen atoms in total. The monoisotopic (exact) mass is 548 g/mol. The van der Waals surface area contributed by atoms with Crippen LogP contribution in [0.5, 0.6) is 11.5 Å². The molecule has 0 amide bonds. The summed E-state index contributed by atoms with van der Waals surface area (Å²) in [7, 11) is 0. The fraction of sp³-hybridized carbons (Fsp3) is 0.455. The van der Waals surface area contributed by atoms with Crippen molar-refractivity contribution in [1.29, 1.82) is 0 Å². The molecule has 1 atom stereocenters. The second-order valence-corrected chi connectivity index (χ2v) is 10.3. The number of carbonyl (C=O) groups excluding carboxylic acids is 1. The van der Waals surface area contributed by atoms with Crippen LogP contribution < -0.4 is 15.2 Å². The lowest BCUT2D eigenvalue weighted by Gasteiger charge is -2.32. The standard InChI is InChI=1S/C22H25BrN6O4S/c23-15-7-16-17(33-12-32-16)8-18(15)34-22-27-19-20(24)25-11-26-21(19)29(22)6-3-13-1-4-28(5-2-13)9-14(31)10-30/h7-8,10-11,13-14,31H,1-6,9,12H2,(H2,24,25,26)/t14-/m0/s1. The number of β-amino-alcohol motifs (C(OH)–C–C–N with tert-alkyl or cyclic N) is 1. The molecule has 12 heteroatoms. The van der Waals surface area contributed by atoms with E-state index in [0.717, 1.165) is 59.1 Å². The second kappa shape index (κ2) is 10.1. The van der Waals surface area contributed by atoms with E-state index in [9.17, 15) is 9.90 Å². The summed E-state index contributed by atoms with van der Waals surface area (Å²) in [4.78, 5) is 27.2. The smallest absolute Gasteiger partial charge is 0.231 e. The number of hydrogen-bond acceptors (Lipinski definition) is 10. The first-order chi connectivity index (χ1) is 16.5. The van der Waals surface area contributed by atoms with Gasteiger partial charge in [-0.25, -0.2) is 15.0 Å². The maximum Gasteiger partial charge on any atom is 0.231 e. The minimum absolute atomic E-state index is 0.216. The van der Waals surface area contributed by atoms with Gasteiger partial charge in [0.1, 0.15) is 18.7 Å². The number of halogens is 1. The summed E-state index contributed by atoms with van der Waals surface area (Å²) in [6.07, 6.45) is 4.17. The number of piperidine rings is 1. The Morgan fingerprint density at radius 3 is 2.79 bits per heavy atom. The van der Waals surface area contributed by atoms with Gasteiger partial charge in [0.15, 0.2) is 33.6 Å². The molecule has 0 bridgehead atoms. The van der Waals surface area contributed by atoms with Gasteiger partial charge >= 0.3 is 0 Å². The number of nitrogens with zero attached hydrogens (tertiary/aromatic N) is 5. The number of benzene rings is 1. The number of fused-ring (bicyclic) bond motifs is 2. The molecule has 2 aliphatic heterocycles. The van der Waals surface area contributed by atoms with Gasteiger partial charge in [-0.15, -0.1) is 0 Å². The molecule has 0 radical (unpaired) electrons. The van der Waals surface area contributed by atoms with Crippen molar-refractivity contribution < 1.29 is 19.4 Å². The lowest BCUT2D eigenvalue weighted by atomic mass is 9.93. The Kier molecular flexibility index (Phi) is 6.91. The Bertz CT molecular complexity index is 1200. The van der Waals surface area contributed by atoms with Crippen LogP contribution >= 0.6 is 27.7 Å². The molecular weight excluding hydrogens is 524 g/mol. The molecule has 1 saturated heterocycles. The van der Waals surface area contributed by atoms with Gasteiger partial charge in [-0.05, 0) is 66.3 Å². The SMILES string of the molecule is Nc1ncnc2c1nc(Sc1cc3c(cc1Br)OCO3)n2CCC1CCN(C[C@H](O)C=O)CC1. The van der Waals surface area contributed by atoms with Crippen LogP contribution in [0.2, 0.25) is 0 Å². The third-order valence-electron chi connectivity index (χ3n) is 6.22. The molecule has 34 heavy (non-hydrogen) atoms.